The number of allylic oxidation sites excluding steroid dienone is 6. The molecule has 2 aliphatic rings. The molecule has 21 nitrogen and oxygen atoms in total. The van der Waals surface area contributed by atoms with Crippen LogP contribution >= 0.6 is 12.0 Å². The fraction of sp³-hybridized carbons (Fsp3) is 0.383. The molecule has 2 heterocycles. The largest absolute Gasteiger partial charge is 0.481 e. The molecule has 396 valence electrons. The lowest BCUT2D eigenvalue weighted by molar-refractivity contribution is -0.438. The molecule has 0 aromatic heterocycles. The Morgan fingerprint density at radius 2 is 1.29 bits per heavy atom. The molecule has 0 amide bonds. The first-order valence-electron chi connectivity index (χ1n) is 22.7. The van der Waals surface area contributed by atoms with Crippen molar-refractivity contribution in [2.45, 2.75) is 115 Å². The highest BCUT2D eigenvalue weighted by atomic mass is 32.2. The summed E-state index contributed by atoms with van der Waals surface area (Å²) in [5.74, 6) is -2.58. The first-order valence-corrected chi connectivity index (χ1v) is 29.3. The summed E-state index contributed by atoms with van der Waals surface area (Å²) in [5.41, 5.74) is 1.29. The first kappa shape index (κ1) is 57.2. The van der Waals surface area contributed by atoms with Gasteiger partial charge in [0.25, 0.3) is 40.5 Å². The summed E-state index contributed by atoms with van der Waals surface area (Å²) in [6, 6.07) is 10.6. The molecule has 0 fully saturated rings. The van der Waals surface area contributed by atoms with E-state index in [0.29, 0.717) is 102 Å². The molecular formula is C47H55N2O19S5+. The van der Waals surface area contributed by atoms with Crippen LogP contribution in [0.5, 0.6) is 0 Å². The van der Waals surface area contributed by atoms with E-state index >= 15 is 0 Å². The predicted molar refractivity (Wildman–Crippen MR) is 270 cm³/mol. The van der Waals surface area contributed by atoms with Gasteiger partial charge in [0, 0.05) is 70.6 Å². The lowest BCUT2D eigenvalue weighted by Gasteiger charge is -2.31. The van der Waals surface area contributed by atoms with Gasteiger partial charge in [-0.1, -0.05) is 42.2 Å². The van der Waals surface area contributed by atoms with E-state index in [1.807, 2.05) is 30.6 Å². The van der Waals surface area contributed by atoms with Gasteiger partial charge in [-0.25, -0.2) is 5.26 Å². The zero-order chi connectivity index (χ0) is 53.9. The number of benzene rings is 4. The number of rotatable bonds is 25. The number of hydrogen-bond donors (Lipinski definition) is 7. The monoisotopic (exact) mass is 1110 g/mol. The Bertz CT molecular complexity index is 3440. The van der Waals surface area contributed by atoms with E-state index < -0.39 is 83.7 Å². The van der Waals surface area contributed by atoms with Crippen LogP contribution in [0.25, 0.3) is 21.5 Å². The normalized spacial score (nSPS) is 17.8. The van der Waals surface area contributed by atoms with E-state index in [1.54, 1.807) is 42.2 Å². The second-order valence-corrected chi connectivity index (χ2v) is 24.9. The molecular weight excluding hydrogens is 1060 g/mol. The maximum absolute atomic E-state index is 12.8. The summed E-state index contributed by atoms with van der Waals surface area (Å²) in [7, 11) is -19.4. The van der Waals surface area contributed by atoms with Gasteiger partial charge in [-0.05, 0) is 117 Å². The number of carboxylic acid groups (broad SMARTS) is 2. The molecule has 0 saturated carbocycles. The molecule has 1 unspecified atom stereocenters. The molecule has 4 aromatic rings. The molecule has 0 bridgehead atoms. The molecule has 0 saturated heterocycles. The predicted octanol–water partition coefficient (Wildman–Crippen LogP) is 8.27. The van der Waals surface area contributed by atoms with Gasteiger partial charge in [0.05, 0.1) is 33.0 Å². The van der Waals surface area contributed by atoms with Gasteiger partial charge in [-0.2, -0.15) is 38.2 Å². The fourth-order valence-electron chi connectivity index (χ4n) is 9.92. The van der Waals surface area contributed by atoms with Gasteiger partial charge in [-0.15, -0.1) is 4.33 Å². The van der Waals surface area contributed by atoms with E-state index in [9.17, 15) is 71.7 Å². The zero-order valence-electron chi connectivity index (χ0n) is 39.7. The molecule has 0 radical (unpaired) electrons. The van der Waals surface area contributed by atoms with Crippen molar-refractivity contribution in [3.8, 4) is 0 Å². The molecule has 0 aliphatic carbocycles. The van der Waals surface area contributed by atoms with Crippen LogP contribution < -0.4 is 4.90 Å². The third-order valence-corrected chi connectivity index (χ3v) is 17.0. The van der Waals surface area contributed by atoms with Crippen molar-refractivity contribution in [1.82, 2.24) is 0 Å². The number of anilines is 1. The van der Waals surface area contributed by atoms with Gasteiger partial charge >= 0.3 is 11.9 Å². The topological polar surface area (TPSA) is 337 Å². The minimum atomic E-state index is -5.10. The second-order valence-electron chi connectivity index (χ2n) is 18.3. The molecule has 0 spiro atoms. The number of carboxylic acids is 2. The van der Waals surface area contributed by atoms with Crippen molar-refractivity contribution < 1.29 is 90.9 Å². The number of nitrogens with zero attached hydrogens (tertiary/aromatic N) is 2. The molecule has 7 N–H and O–H groups in total. The number of carbonyl (C=O) groups is 2. The Kier molecular flexibility index (Phi) is 17.5. The minimum Gasteiger partial charge on any atom is -0.481 e. The van der Waals surface area contributed by atoms with Gasteiger partial charge in [0.2, 0.25) is 5.69 Å². The molecule has 1 atom stereocenters. The van der Waals surface area contributed by atoms with E-state index in [0.717, 1.165) is 11.8 Å². The maximum atomic E-state index is 12.8. The van der Waals surface area contributed by atoms with Crippen molar-refractivity contribution in [2.24, 2.45) is 0 Å². The zero-order valence-corrected chi connectivity index (χ0v) is 43.7. The van der Waals surface area contributed by atoms with Crippen LogP contribution in [-0.4, -0.2) is 108 Å². The van der Waals surface area contributed by atoms with Crippen LogP contribution in [0.15, 0.2) is 104 Å². The van der Waals surface area contributed by atoms with Crippen molar-refractivity contribution in [3.05, 3.63) is 95.7 Å². The molecule has 6 rings (SSSR count). The fourth-order valence-corrected chi connectivity index (χ4v) is 12.9. The number of unbranched alkanes of at least 4 members (excludes halogenated alkanes) is 4. The average Bonchev–Trinajstić information content (AvgIpc) is 3.65. The van der Waals surface area contributed by atoms with Gasteiger partial charge < -0.3 is 15.1 Å². The van der Waals surface area contributed by atoms with Crippen molar-refractivity contribution in [2.75, 3.05) is 23.7 Å². The van der Waals surface area contributed by atoms with Crippen LogP contribution in [0.4, 0.5) is 11.4 Å². The van der Waals surface area contributed by atoms with Gasteiger partial charge in [0.15, 0.2) is 5.71 Å². The van der Waals surface area contributed by atoms with Crippen LogP contribution in [-0.2, 0) is 70.3 Å². The van der Waals surface area contributed by atoms with Crippen molar-refractivity contribution in [1.29, 1.82) is 0 Å². The summed E-state index contributed by atoms with van der Waals surface area (Å²) in [6.07, 6.45) is 11.3. The average molecular weight is 1110 g/mol. The Hall–Kier alpha value is -5.10. The summed E-state index contributed by atoms with van der Waals surface area (Å²) >= 11 is 0.515. The SMILES string of the molecule is CC1(C)C(/C=C/C=C/C=C2\N(CCCS(=O)(=O)O)c3ccc4c(S(=O)(=O)O)cc(S(=O)(=O)O)cc4c3C2(C)CCCCCC(=O)O)=[N+](CCCCCC(=O)O)c2ccc3c(SOOO)cc(S(=O)(=O)O)cc3c21. The highest BCUT2D eigenvalue weighted by Crippen LogP contribution is 2.54. The van der Waals surface area contributed by atoms with Crippen LogP contribution in [0.2, 0.25) is 0 Å². The van der Waals surface area contributed by atoms with E-state index in [1.165, 1.54) is 24.3 Å². The van der Waals surface area contributed by atoms with Gasteiger partial charge in [0.1, 0.15) is 11.4 Å². The smallest absolute Gasteiger partial charge is 0.303 e. The molecule has 73 heavy (non-hydrogen) atoms. The second kappa shape index (κ2) is 22.4. The number of fused-ring (bicyclic) bond motifs is 6. The highest BCUT2D eigenvalue weighted by molar-refractivity contribution is 7.94. The summed E-state index contributed by atoms with van der Waals surface area (Å²) < 4.78 is 147. The number of hydrogen-bond acceptors (Lipinski definition) is 15. The lowest BCUT2D eigenvalue weighted by Crippen LogP contribution is -2.30. The molecule has 26 heteroatoms. The molecule has 4 aromatic carbocycles. The van der Waals surface area contributed by atoms with Crippen LogP contribution in [0, 0.1) is 0 Å². The molecule has 2 aliphatic heterocycles. The van der Waals surface area contributed by atoms with Gasteiger partial charge in [-0.3, -0.25) is 27.8 Å². The summed E-state index contributed by atoms with van der Waals surface area (Å²) in [4.78, 5) is 22.5. The van der Waals surface area contributed by atoms with Crippen LogP contribution in [0.1, 0.15) is 96.1 Å². The van der Waals surface area contributed by atoms with E-state index in [4.69, 9.17) is 5.26 Å². The maximum Gasteiger partial charge on any atom is 0.303 e. The Morgan fingerprint density at radius 1 is 0.685 bits per heavy atom. The van der Waals surface area contributed by atoms with Crippen molar-refractivity contribution >= 4 is 103 Å². The third-order valence-electron chi connectivity index (χ3n) is 13.0. The summed E-state index contributed by atoms with van der Waals surface area (Å²) in [6.45, 7) is 5.98. The Morgan fingerprint density at radius 3 is 1.88 bits per heavy atom. The van der Waals surface area contributed by atoms with E-state index in [-0.39, 0.29) is 47.9 Å². The third kappa shape index (κ3) is 13.1. The standard InChI is InChI=1S/C47H54N2O19S5/c1-46(2)40(48(23-12-6-10-17-43(52)53)36-20-18-32-34(44(36)46)26-30(71(58,59)60)28-38(32)69-68-67-54)14-7-4-8-15-41-47(3,22-11-5-9-16-42(50)51)45-35-27-31(72(61,62)63)29-39(73(64,65)66)33(35)19-21-37(45)49(41)24-13-25-70(55,56)57/h4,7-8,14-15,18-21,26-29H,5-6,9-13,16-17,22-25H2,1-3H3,(H6-,50,51,52,53,54,55,56,57,58,59,60,61,62,63,64,65,66)/p+1. The van der Waals surface area contributed by atoms with Crippen molar-refractivity contribution in [3.63, 3.8) is 0 Å². The number of aliphatic carboxylic acids is 2. The van der Waals surface area contributed by atoms with E-state index in [2.05, 4.69) is 9.37 Å². The Labute approximate surface area is 426 Å². The highest BCUT2D eigenvalue weighted by Gasteiger charge is 2.47. The quantitative estimate of drug-likeness (QED) is 0.00624. The first-order chi connectivity index (χ1) is 34.0. The minimum absolute atomic E-state index is 0.0256. The summed E-state index contributed by atoms with van der Waals surface area (Å²) in [5, 5.41) is 32.1. The van der Waals surface area contributed by atoms with Crippen LogP contribution in [0.3, 0.4) is 0 Å². The Balaban J connectivity index is 1.51. The lowest BCUT2D eigenvalue weighted by atomic mass is 9.75.